The van der Waals surface area contributed by atoms with Crippen LogP contribution in [0, 0.1) is 5.92 Å². The normalized spacial score (nSPS) is 11.9. The summed E-state index contributed by atoms with van der Waals surface area (Å²) in [6, 6.07) is 3.75. The van der Waals surface area contributed by atoms with Crippen molar-refractivity contribution in [3.05, 3.63) is 22.4 Å². The summed E-state index contributed by atoms with van der Waals surface area (Å²) in [7, 11) is 0. The van der Waals surface area contributed by atoms with Crippen molar-refractivity contribution >= 4 is 17.2 Å². The van der Waals surface area contributed by atoms with Crippen LogP contribution >= 0.6 is 11.3 Å². The topological polar surface area (TPSA) is 20.3 Å². The number of rotatable bonds is 6. The number of amides is 1. The molecule has 6 heteroatoms. The highest BCUT2D eigenvalue weighted by atomic mass is 32.1. The number of aryl methyl sites for hydroxylation is 1. The summed E-state index contributed by atoms with van der Waals surface area (Å²) in [5, 5.41) is 1.89. The molecule has 0 aromatic carbocycles. The van der Waals surface area contributed by atoms with Crippen molar-refractivity contribution in [1.29, 1.82) is 0 Å². The van der Waals surface area contributed by atoms with Crippen LogP contribution in [-0.2, 0) is 11.2 Å². The van der Waals surface area contributed by atoms with E-state index in [1.807, 2.05) is 17.5 Å². The van der Waals surface area contributed by atoms with Gasteiger partial charge in [-0.3, -0.25) is 4.79 Å². The highest BCUT2D eigenvalue weighted by Gasteiger charge is 2.32. The zero-order chi connectivity index (χ0) is 14.5. The lowest BCUT2D eigenvalue weighted by atomic mass is 10.2. The summed E-state index contributed by atoms with van der Waals surface area (Å²) in [4.78, 5) is 13.8. The number of hydrogen-bond donors (Lipinski definition) is 0. The number of hydrogen-bond acceptors (Lipinski definition) is 2. The predicted octanol–water partition coefficient (Wildman–Crippen LogP) is 3.73. The van der Waals surface area contributed by atoms with E-state index in [4.69, 9.17) is 0 Å². The average molecular weight is 293 g/mol. The molecule has 1 amide bonds. The first-order chi connectivity index (χ1) is 8.78. The molecule has 0 saturated carbocycles. The van der Waals surface area contributed by atoms with E-state index in [2.05, 4.69) is 0 Å². The molecule has 0 spiro atoms. The maximum absolute atomic E-state index is 12.4. The maximum Gasteiger partial charge on any atom is 0.406 e. The van der Waals surface area contributed by atoms with Crippen LogP contribution in [0.3, 0.4) is 0 Å². The minimum absolute atomic E-state index is 0.0213. The van der Waals surface area contributed by atoms with E-state index in [1.165, 1.54) is 11.3 Å². The summed E-state index contributed by atoms with van der Waals surface area (Å²) >= 11 is 1.51. The fourth-order valence-corrected chi connectivity index (χ4v) is 2.46. The molecule has 0 saturated heterocycles. The van der Waals surface area contributed by atoms with E-state index in [1.54, 1.807) is 13.8 Å². The zero-order valence-electron chi connectivity index (χ0n) is 11.0. The van der Waals surface area contributed by atoms with Crippen molar-refractivity contribution in [2.24, 2.45) is 5.92 Å². The molecule has 0 N–H and O–H groups in total. The molecule has 108 valence electrons. The Kier molecular flexibility index (Phi) is 5.85. The molecule has 19 heavy (non-hydrogen) atoms. The van der Waals surface area contributed by atoms with E-state index in [0.29, 0.717) is 6.42 Å². The Hall–Kier alpha value is -1.04. The predicted molar refractivity (Wildman–Crippen MR) is 70.1 cm³/mol. The maximum atomic E-state index is 12.4. The minimum atomic E-state index is -4.34. The molecule has 0 unspecified atom stereocenters. The van der Waals surface area contributed by atoms with Crippen LogP contribution in [0.4, 0.5) is 13.2 Å². The number of thiophene rings is 1. The fourth-order valence-electron chi connectivity index (χ4n) is 1.75. The number of carbonyl (C=O) groups is 1. The molecule has 1 aromatic rings. The standard InChI is InChI=1S/C13H18F3NOS/c1-10(2)8-17(9-13(14,15)16)12(18)6-5-11-4-3-7-19-11/h3-4,7,10H,5-6,8-9H2,1-2H3. The van der Waals surface area contributed by atoms with Gasteiger partial charge in [-0.2, -0.15) is 13.2 Å². The Morgan fingerprint density at radius 1 is 1.42 bits per heavy atom. The van der Waals surface area contributed by atoms with Gasteiger partial charge >= 0.3 is 6.18 Å². The molecule has 1 heterocycles. The molecule has 0 atom stereocenters. The molecule has 0 aliphatic heterocycles. The molecule has 2 nitrogen and oxygen atoms in total. The Bertz CT molecular complexity index is 387. The van der Waals surface area contributed by atoms with Gasteiger partial charge in [0.05, 0.1) is 0 Å². The molecular weight excluding hydrogens is 275 g/mol. The quantitative estimate of drug-likeness (QED) is 0.782. The molecule has 0 aliphatic rings. The first-order valence-corrected chi connectivity index (χ1v) is 7.03. The summed E-state index contributed by atoms with van der Waals surface area (Å²) in [5.41, 5.74) is 0. The zero-order valence-corrected chi connectivity index (χ0v) is 11.9. The van der Waals surface area contributed by atoms with Gasteiger partial charge in [-0.15, -0.1) is 11.3 Å². The molecular formula is C13H18F3NOS. The smallest absolute Gasteiger partial charge is 0.333 e. The highest BCUT2D eigenvalue weighted by Crippen LogP contribution is 2.19. The third-order valence-electron chi connectivity index (χ3n) is 2.47. The van der Waals surface area contributed by atoms with Gasteiger partial charge in [0.15, 0.2) is 0 Å². The highest BCUT2D eigenvalue weighted by molar-refractivity contribution is 7.09. The largest absolute Gasteiger partial charge is 0.406 e. The van der Waals surface area contributed by atoms with Crippen molar-refractivity contribution in [2.45, 2.75) is 32.9 Å². The Morgan fingerprint density at radius 3 is 2.58 bits per heavy atom. The average Bonchev–Trinajstić information content (AvgIpc) is 2.75. The van der Waals surface area contributed by atoms with Crippen LogP contribution in [0.25, 0.3) is 0 Å². The minimum Gasteiger partial charge on any atom is -0.333 e. The van der Waals surface area contributed by atoms with Crippen LogP contribution in [0.5, 0.6) is 0 Å². The van der Waals surface area contributed by atoms with Gasteiger partial charge in [0.2, 0.25) is 5.91 Å². The van der Waals surface area contributed by atoms with E-state index in [-0.39, 0.29) is 18.9 Å². The molecule has 1 rings (SSSR count). The summed E-state index contributed by atoms with van der Waals surface area (Å²) in [6.07, 6.45) is -3.71. The molecule has 0 fully saturated rings. The van der Waals surface area contributed by atoms with Crippen LogP contribution in [0.15, 0.2) is 17.5 Å². The number of nitrogens with zero attached hydrogens (tertiary/aromatic N) is 1. The Balaban J connectivity index is 2.55. The summed E-state index contributed by atoms with van der Waals surface area (Å²) < 4.78 is 37.3. The number of carbonyl (C=O) groups excluding carboxylic acids is 1. The number of halogens is 3. The summed E-state index contributed by atoms with van der Waals surface area (Å²) in [5.74, 6) is -0.410. The first kappa shape index (κ1) is 16.0. The second-order valence-electron chi connectivity index (χ2n) is 4.86. The van der Waals surface area contributed by atoms with Gasteiger partial charge in [0.1, 0.15) is 6.54 Å². The van der Waals surface area contributed by atoms with Crippen molar-refractivity contribution in [3.63, 3.8) is 0 Å². The fraction of sp³-hybridized carbons (Fsp3) is 0.615. The van der Waals surface area contributed by atoms with Gasteiger partial charge in [-0.1, -0.05) is 19.9 Å². The monoisotopic (exact) mass is 293 g/mol. The molecule has 1 aromatic heterocycles. The van der Waals surface area contributed by atoms with E-state index >= 15 is 0 Å². The van der Waals surface area contributed by atoms with Gasteiger partial charge < -0.3 is 4.90 Å². The van der Waals surface area contributed by atoms with E-state index in [0.717, 1.165) is 9.78 Å². The Morgan fingerprint density at radius 2 is 2.11 bits per heavy atom. The molecule has 0 aliphatic carbocycles. The van der Waals surface area contributed by atoms with Crippen LogP contribution in [-0.4, -0.2) is 30.1 Å². The lowest BCUT2D eigenvalue weighted by Crippen LogP contribution is -2.41. The van der Waals surface area contributed by atoms with Gasteiger partial charge in [-0.05, 0) is 23.8 Å². The molecule has 0 bridgehead atoms. The van der Waals surface area contributed by atoms with Gasteiger partial charge in [0, 0.05) is 17.8 Å². The second kappa shape index (κ2) is 6.93. The van der Waals surface area contributed by atoms with E-state index < -0.39 is 18.6 Å². The van der Waals surface area contributed by atoms with Crippen molar-refractivity contribution in [3.8, 4) is 0 Å². The SMILES string of the molecule is CC(C)CN(CC(F)(F)F)C(=O)CCc1cccs1. The molecule has 0 radical (unpaired) electrons. The van der Waals surface area contributed by atoms with Crippen molar-refractivity contribution < 1.29 is 18.0 Å². The third-order valence-corrected chi connectivity index (χ3v) is 3.41. The van der Waals surface area contributed by atoms with Crippen molar-refractivity contribution in [2.75, 3.05) is 13.1 Å². The van der Waals surface area contributed by atoms with E-state index in [9.17, 15) is 18.0 Å². The Labute approximate surface area is 115 Å². The summed E-state index contributed by atoms with van der Waals surface area (Å²) in [6.45, 7) is 2.59. The second-order valence-corrected chi connectivity index (χ2v) is 5.89. The van der Waals surface area contributed by atoms with Crippen LogP contribution in [0.2, 0.25) is 0 Å². The van der Waals surface area contributed by atoms with Crippen LogP contribution in [0.1, 0.15) is 25.1 Å². The number of alkyl halides is 3. The first-order valence-electron chi connectivity index (χ1n) is 6.15. The third kappa shape index (κ3) is 6.61. The lowest BCUT2D eigenvalue weighted by molar-refractivity contribution is -0.162. The van der Waals surface area contributed by atoms with Gasteiger partial charge in [-0.25, -0.2) is 0 Å². The lowest BCUT2D eigenvalue weighted by Gasteiger charge is -2.25. The van der Waals surface area contributed by atoms with Crippen LogP contribution < -0.4 is 0 Å². The van der Waals surface area contributed by atoms with Gasteiger partial charge in [0.25, 0.3) is 0 Å². The van der Waals surface area contributed by atoms with Crippen molar-refractivity contribution in [1.82, 2.24) is 4.90 Å².